The molecule has 1 aliphatic heterocycles. The van der Waals surface area contributed by atoms with Crippen LogP contribution in [0, 0.1) is 5.92 Å². The first kappa shape index (κ1) is 22.5. The van der Waals surface area contributed by atoms with Gasteiger partial charge < -0.3 is 19.7 Å². The van der Waals surface area contributed by atoms with Crippen LogP contribution in [0.25, 0.3) is 16.2 Å². The second kappa shape index (κ2) is 9.52. The zero-order valence-corrected chi connectivity index (χ0v) is 20.4. The van der Waals surface area contributed by atoms with E-state index in [0.717, 1.165) is 46.5 Å². The Morgan fingerprint density at radius 1 is 1.18 bits per heavy atom. The van der Waals surface area contributed by atoms with Crippen molar-refractivity contribution in [3.63, 3.8) is 0 Å². The number of nitrogens with zero attached hydrogens (tertiary/aromatic N) is 4. The summed E-state index contributed by atoms with van der Waals surface area (Å²) >= 11 is 7.63. The predicted octanol–water partition coefficient (Wildman–Crippen LogP) is 4.98. The van der Waals surface area contributed by atoms with E-state index in [1.807, 2.05) is 30.5 Å². The van der Waals surface area contributed by atoms with Gasteiger partial charge in [-0.1, -0.05) is 22.9 Å². The molecular weight excluding hydrogens is 474 g/mol. The fourth-order valence-corrected chi connectivity index (χ4v) is 5.19. The van der Waals surface area contributed by atoms with E-state index in [9.17, 15) is 4.79 Å². The van der Waals surface area contributed by atoms with Gasteiger partial charge in [0.15, 0.2) is 0 Å². The number of amides is 1. The number of hydrogen-bond donors (Lipinski definition) is 1. The zero-order valence-electron chi connectivity index (χ0n) is 18.8. The molecule has 1 N–H and O–H groups in total. The van der Waals surface area contributed by atoms with Gasteiger partial charge in [-0.15, -0.1) is 5.10 Å². The lowest BCUT2D eigenvalue weighted by Crippen LogP contribution is -2.40. The van der Waals surface area contributed by atoms with E-state index < -0.39 is 0 Å². The van der Waals surface area contributed by atoms with Gasteiger partial charge in [-0.3, -0.25) is 4.79 Å². The van der Waals surface area contributed by atoms with Gasteiger partial charge in [-0.05, 0) is 55.3 Å². The number of rotatable bonds is 6. The Morgan fingerprint density at radius 3 is 2.74 bits per heavy atom. The molecule has 0 aliphatic carbocycles. The molecule has 0 radical (unpaired) electrons. The average molecular weight is 498 g/mol. The molecule has 176 valence electrons. The number of methoxy groups -OCH3 is 2. The number of aromatic nitrogens is 3. The number of ether oxygens (including phenoxy) is 2. The van der Waals surface area contributed by atoms with Gasteiger partial charge in [0.05, 0.1) is 37.7 Å². The van der Waals surface area contributed by atoms with Crippen LogP contribution in [-0.2, 0) is 4.79 Å². The standard InChI is InChI=1S/C24H24ClN5O3S/c1-32-18-8-5-15(6-9-18)20-14-30-23(27-20)34-24(28-30)29-11-3-4-16(13-29)22(31)26-19-12-17(25)7-10-21(19)33-2/h5-10,12,14,16H,3-4,11,13H2,1-2H3,(H,26,31)/t16-/m1/s1. The lowest BCUT2D eigenvalue weighted by molar-refractivity contribution is -0.120. The summed E-state index contributed by atoms with van der Waals surface area (Å²) in [4.78, 5) is 20.7. The van der Waals surface area contributed by atoms with Crippen molar-refractivity contribution >= 4 is 44.6 Å². The summed E-state index contributed by atoms with van der Waals surface area (Å²) in [6.07, 6.45) is 3.65. The number of nitrogens with one attached hydrogen (secondary N) is 1. The van der Waals surface area contributed by atoms with Crippen LogP contribution in [0.5, 0.6) is 11.5 Å². The molecule has 0 spiro atoms. The van der Waals surface area contributed by atoms with Crippen LogP contribution in [0.4, 0.5) is 10.8 Å². The summed E-state index contributed by atoms with van der Waals surface area (Å²) in [5.74, 6) is 1.18. The molecular formula is C24H24ClN5O3S. The Labute approximate surface area is 206 Å². The molecule has 3 heterocycles. The first-order valence-electron chi connectivity index (χ1n) is 10.9. The van der Waals surface area contributed by atoms with Crippen molar-refractivity contribution in [2.24, 2.45) is 5.92 Å². The van der Waals surface area contributed by atoms with Crippen molar-refractivity contribution in [3.8, 4) is 22.8 Å². The minimum absolute atomic E-state index is 0.0478. The van der Waals surface area contributed by atoms with E-state index in [-0.39, 0.29) is 11.8 Å². The lowest BCUT2D eigenvalue weighted by Gasteiger charge is -2.31. The maximum atomic E-state index is 13.0. The number of piperidine rings is 1. The van der Waals surface area contributed by atoms with Gasteiger partial charge >= 0.3 is 0 Å². The molecule has 34 heavy (non-hydrogen) atoms. The van der Waals surface area contributed by atoms with Crippen LogP contribution in [0.15, 0.2) is 48.7 Å². The fraction of sp³-hybridized carbons (Fsp3) is 0.292. The second-order valence-electron chi connectivity index (χ2n) is 8.09. The van der Waals surface area contributed by atoms with Crippen molar-refractivity contribution in [2.45, 2.75) is 12.8 Å². The van der Waals surface area contributed by atoms with Crippen LogP contribution in [0.2, 0.25) is 5.02 Å². The number of carbonyl (C=O) groups is 1. The average Bonchev–Trinajstić information content (AvgIpc) is 3.44. The lowest BCUT2D eigenvalue weighted by atomic mass is 9.97. The van der Waals surface area contributed by atoms with Gasteiger partial charge in [0.25, 0.3) is 0 Å². The van der Waals surface area contributed by atoms with Crippen LogP contribution >= 0.6 is 22.9 Å². The normalized spacial score (nSPS) is 16.0. The van der Waals surface area contributed by atoms with Crippen molar-refractivity contribution in [3.05, 3.63) is 53.7 Å². The Morgan fingerprint density at radius 2 is 2.00 bits per heavy atom. The van der Waals surface area contributed by atoms with E-state index in [1.165, 1.54) is 11.3 Å². The smallest absolute Gasteiger partial charge is 0.229 e. The molecule has 1 aliphatic rings. The molecule has 4 aromatic rings. The van der Waals surface area contributed by atoms with Crippen molar-refractivity contribution in [1.82, 2.24) is 14.6 Å². The van der Waals surface area contributed by atoms with Gasteiger partial charge in [0.2, 0.25) is 16.0 Å². The second-order valence-corrected chi connectivity index (χ2v) is 9.46. The predicted molar refractivity (Wildman–Crippen MR) is 134 cm³/mol. The van der Waals surface area contributed by atoms with Gasteiger partial charge in [0.1, 0.15) is 11.5 Å². The van der Waals surface area contributed by atoms with Gasteiger partial charge in [0, 0.05) is 23.7 Å². The quantitative estimate of drug-likeness (QED) is 0.404. The van der Waals surface area contributed by atoms with Gasteiger partial charge in [-0.2, -0.15) is 0 Å². The monoisotopic (exact) mass is 497 g/mol. The van der Waals surface area contributed by atoms with Crippen LogP contribution in [0.3, 0.4) is 0 Å². The summed E-state index contributed by atoms with van der Waals surface area (Å²) < 4.78 is 12.4. The molecule has 1 amide bonds. The van der Waals surface area contributed by atoms with Crippen LogP contribution in [-0.4, -0.2) is 47.8 Å². The van der Waals surface area contributed by atoms with Crippen LogP contribution in [0.1, 0.15) is 12.8 Å². The molecule has 0 bridgehead atoms. The van der Waals surface area contributed by atoms with Gasteiger partial charge in [-0.25, -0.2) is 9.50 Å². The number of carbonyl (C=O) groups excluding carboxylic acids is 1. The van der Waals surface area contributed by atoms with Crippen molar-refractivity contribution < 1.29 is 14.3 Å². The highest BCUT2D eigenvalue weighted by Gasteiger charge is 2.28. The number of imidazole rings is 1. The summed E-state index contributed by atoms with van der Waals surface area (Å²) in [7, 11) is 3.22. The van der Waals surface area contributed by atoms with Crippen LogP contribution < -0.4 is 19.7 Å². The number of halogens is 1. The first-order chi connectivity index (χ1) is 16.5. The Kier molecular flexibility index (Phi) is 6.30. The highest BCUT2D eigenvalue weighted by molar-refractivity contribution is 7.20. The summed E-state index contributed by atoms with van der Waals surface area (Å²) in [5, 5.41) is 9.12. The molecule has 0 saturated carbocycles. The molecule has 2 aromatic carbocycles. The van der Waals surface area contributed by atoms with E-state index in [0.29, 0.717) is 23.0 Å². The van der Waals surface area contributed by atoms with E-state index >= 15 is 0 Å². The van der Waals surface area contributed by atoms with Crippen molar-refractivity contribution in [1.29, 1.82) is 0 Å². The molecule has 10 heteroatoms. The largest absolute Gasteiger partial charge is 0.497 e. The van der Waals surface area contributed by atoms with E-state index in [4.69, 9.17) is 31.2 Å². The van der Waals surface area contributed by atoms with E-state index in [1.54, 1.807) is 36.9 Å². The SMILES string of the molecule is COc1ccc(-c2cn3nc(N4CCC[C@@H](C(=O)Nc5cc(Cl)ccc5OC)C4)sc3n2)cc1. The number of anilines is 2. The molecule has 0 unspecified atom stereocenters. The third kappa shape index (κ3) is 4.53. The fourth-order valence-electron chi connectivity index (χ4n) is 4.10. The summed E-state index contributed by atoms with van der Waals surface area (Å²) in [6.45, 7) is 1.45. The zero-order chi connectivity index (χ0) is 23.7. The maximum absolute atomic E-state index is 13.0. The Bertz CT molecular complexity index is 1290. The molecule has 1 saturated heterocycles. The molecule has 5 rings (SSSR count). The minimum atomic E-state index is -0.163. The van der Waals surface area contributed by atoms with E-state index in [2.05, 4.69) is 10.2 Å². The summed E-state index contributed by atoms with van der Waals surface area (Å²) in [6, 6.07) is 13.0. The molecule has 2 aromatic heterocycles. The molecule has 1 atom stereocenters. The number of benzene rings is 2. The van der Waals surface area contributed by atoms with Crippen molar-refractivity contribution in [2.75, 3.05) is 37.5 Å². The Balaban J connectivity index is 1.29. The maximum Gasteiger partial charge on any atom is 0.229 e. The third-order valence-corrected chi connectivity index (χ3v) is 7.12. The summed E-state index contributed by atoms with van der Waals surface area (Å²) in [5.41, 5.74) is 2.45. The molecule has 1 fully saturated rings. The highest BCUT2D eigenvalue weighted by atomic mass is 35.5. The first-order valence-corrected chi connectivity index (χ1v) is 12.1. The molecule has 8 nitrogen and oxygen atoms in total. The number of hydrogen-bond acceptors (Lipinski definition) is 7. The minimum Gasteiger partial charge on any atom is -0.497 e. The number of fused-ring (bicyclic) bond motifs is 1. The Hall–Kier alpha value is -3.30. The topological polar surface area (TPSA) is 81.0 Å². The highest BCUT2D eigenvalue weighted by Crippen LogP contribution is 2.32. The third-order valence-electron chi connectivity index (χ3n) is 5.90.